The molecule has 2 aliphatic carbocycles. The van der Waals surface area contributed by atoms with Crippen molar-refractivity contribution in [3.05, 3.63) is 69.6 Å². The number of rotatable bonds is 4. The van der Waals surface area contributed by atoms with Crippen molar-refractivity contribution in [2.45, 2.75) is 58.8 Å². The van der Waals surface area contributed by atoms with E-state index < -0.39 is 0 Å². The van der Waals surface area contributed by atoms with Gasteiger partial charge in [0.15, 0.2) is 0 Å². The van der Waals surface area contributed by atoms with Gasteiger partial charge in [0.2, 0.25) is 0 Å². The number of hydrogen-bond donors (Lipinski definition) is 0. The van der Waals surface area contributed by atoms with Gasteiger partial charge in [-0.25, -0.2) is 0 Å². The van der Waals surface area contributed by atoms with Crippen LogP contribution in [0.1, 0.15) is 56.6 Å². The topological polar surface area (TPSA) is 0 Å². The molecule has 2 aliphatic rings. The first-order valence-electron chi connectivity index (χ1n) is 10.3. The van der Waals surface area contributed by atoms with E-state index in [0.717, 1.165) is 12.3 Å². The number of benzene rings is 2. The third kappa shape index (κ3) is 4.81. The van der Waals surface area contributed by atoms with Gasteiger partial charge >= 0.3 is 0 Å². The normalized spacial score (nSPS) is 17.8. The van der Waals surface area contributed by atoms with Gasteiger partial charge in [-0.05, 0) is 82.5 Å². The molecule has 1 radical (unpaired) electrons. The van der Waals surface area contributed by atoms with Gasteiger partial charge in [-0.2, -0.15) is 0 Å². The largest absolute Gasteiger partial charge is 0.0735 e. The van der Waals surface area contributed by atoms with Crippen molar-refractivity contribution >= 4 is 12.2 Å². The monoisotopic (exact) mass is 431 g/mol. The zero-order chi connectivity index (χ0) is 17.9. The first kappa shape index (κ1) is 20.5. The van der Waals surface area contributed by atoms with E-state index in [9.17, 15) is 0 Å². The van der Waals surface area contributed by atoms with E-state index in [0.29, 0.717) is 0 Å². The maximum absolute atomic E-state index is 3.67. The number of aryl methyl sites for hydroxylation is 2. The van der Waals surface area contributed by atoms with E-state index in [2.05, 4.69) is 68.5 Å². The van der Waals surface area contributed by atoms with Crippen LogP contribution in [0.25, 0.3) is 23.3 Å². The average Bonchev–Trinajstić information content (AvgIpc) is 3.05. The fourth-order valence-electron chi connectivity index (χ4n) is 4.43. The van der Waals surface area contributed by atoms with Crippen LogP contribution in [-0.4, -0.2) is 0 Å². The average molecular weight is 433 g/mol. The summed E-state index contributed by atoms with van der Waals surface area (Å²) in [5.41, 5.74) is 6.71. The molecule has 27 heavy (non-hydrogen) atoms. The quantitative estimate of drug-likeness (QED) is 0.592. The second-order valence-corrected chi connectivity index (χ2v) is 8.01. The van der Waals surface area contributed by atoms with Crippen molar-refractivity contribution in [3.63, 3.8) is 0 Å². The van der Waals surface area contributed by atoms with Gasteiger partial charge in [-0.1, -0.05) is 75.1 Å². The third-order valence-electron chi connectivity index (χ3n) is 5.77. The molecule has 4 rings (SSSR count). The van der Waals surface area contributed by atoms with E-state index >= 15 is 0 Å². The fourth-order valence-corrected chi connectivity index (χ4v) is 4.43. The zero-order valence-electron chi connectivity index (χ0n) is 16.6. The second-order valence-electron chi connectivity index (χ2n) is 8.01. The molecular weight excluding hydrogens is 404 g/mol. The van der Waals surface area contributed by atoms with E-state index in [4.69, 9.17) is 0 Å². The zero-order valence-corrected chi connectivity index (χ0v) is 19.1. The minimum atomic E-state index is 0. The molecule has 1 heteroatoms. The Hall–Kier alpha value is -1.20. The molecule has 0 unspecified atom stereocenters. The molecule has 0 heterocycles. The number of hydrogen-bond acceptors (Lipinski definition) is 0. The minimum absolute atomic E-state index is 0. The summed E-state index contributed by atoms with van der Waals surface area (Å²) in [6.45, 7) is 4.43. The molecule has 2 aromatic rings. The van der Waals surface area contributed by atoms with Gasteiger partial charge < -0.3 is 0 Å². The van der Waals surface area contributed by atoms with Crippen LogP contribution in [0, 0.1) is 12.8 Å². The fraction of sp³-hybridized carbons (Fsp3) is 0.385. The summed E-state index contributed by atoms with van der Waals surface area (Å²) in [6.07, 6.45) is 17.7. The van der Waals surface area contributed by atoms with Gasteiger partial charge in [-0.3, -0.25) is 0 Å². The summed E-state index contributed by atoms with van der Waals surface area (Å²) in [7, 11) is 0. The Balaban J connectivity index is 0.00000210. The molecule has 0 atom stereocenters. The summed E-state index contributed by atoms with van der Waals surface area (Å²) in [4.78, 5) is 0. The number of fused-ring (bicyclic) bond motifs is 1. The molecule has 0 nitrogen and oxygen atoms in total. The Labute approximate surface area is 183 Å². The van der Waals surface area contributed by atoms with Crippen molar-refractivity contribution in [2.24, 2.45) is 5.92 Å². The summed E-state index contributed by atoms with van der Waals surface area (Å²) in [6, 6.07) is 13.8. The summed E-state index contributed by atoms with van der Waals surface area (Å²) in [5, 5.41) is 2.61. The molecule has 0 bridgehead atoms. The van der Waals surface area contributed by atoms with Crippen LogP contribution in [-0.2, 0) is 32.6 Å². The van der Waals surface area contributed by atoms with E-state index in [1.165, 1.54) is 76.8 Å². The summed E-state index contributed by atoms with van der Waals surface area (Å²) in [5.74, 6) is 0.745. The van der Waals surface area contributed by atoms with Crippen LogP contribution in [0.2, 0.25) is 0 Å². The van der Waals surface area contributed by atoms with Crippen LogP contribution < -0.4 is 10.4 Å². The molecule has 0 spiro atoms. The van der Waals surface area contributed by atoms with Gasteiger partial charge in [0.25, 0.3) is 0 Å². The van der Waals surface area contributed by atoms with Crippen LogP contribution >= 0.6 is 0 Å². The van der Waals surface area contributed by atoms with Crippen molar-refractivity contribution < 1.29 is 26.2 Å². The van der Waals surface area contributed by atoms with Gasteiger partial charge in [-0.15, -0.1) is 0 Å². The Morgan fingerprint density at radius 2 is 1.78 bits per heavy atom. The first-order valence-corrected chi connectivity index (χ1v) is 10.3. The Morgan fingerprint density at radius 3 is 2.48 bits per heavy atom. The van der Waals surface area contributed by atoms with Crippen LogP contribution in [0.15, 0.2) is 48.0 Å². The summed E-state index contributed by atoms with van der Waals surface area (Å²) < 4.78 is 0. The smallest absolute Gasteiger partial charge is 0 e. The standard InChI is InChI=1S/C26H29.Zr/c1-3-7-20-10-12-23(13-11-20)25-15-19(2)14-24-17-22(18-26(24)25)16-21-8-5-4-6-9-21;/h10-16,18,21H,3-9H2,1-2H3;. The van der Waals surface area contributed by atoms with Crippen molar-refractivity contribution in [1.29, 1.82) is 0 Å². The molecule has 0 N–H and O–H groups in total. The SMILES string of the molecule is CCCc1ccc(-c2cc(C)cc3c2=CC(=CC2CCCCC2)[C]=3)cc1.[Zr]. The minimum Gasteiger partial charge on any atom is -0.0735 e. The van der Waals surface area contributed by atoms with E-state index in [1.807, 2.05) is 0 Å². The molecule has 0 aliphatic heterocycles. The Bertz CT molecular complexity index is 925. The predicted molar refractivity (Wildman–Crippen MR) is 112 cm³/mol. The Kier molecular flexibility index (Phi) is 7.10. The Morgan fingerprint density at radius 1 is 1.04 bits per heavy atom. The maximum Gasteiger partial charge on any atom is 0 e. The first-order chi connectivity index (χ1) is 12.7. The van der Waals surface area contributed by atoms with Gasteiger partial charge in [0, 0.05) is 26.2 Å². The molecule has 137 valence electrons. The maximum atomic E-state index is 3.67. The molecule has 0 saturated heterocycles. The summed E-state index contributed by atoms with van der Waals surface area (Å²) >= 11 is 0. The molecule has 0 amide bonds. The molecular formula is C26H29Zr. The van der Waals surface area contributed by atoms with E-state index in [1.54, 1.807) is 0 Å². The molecule has 1 fully saturated rings. The predicted octanol–water partition coefficient (Wildman–Crippen LogP) is 5.57. The van der Waals surface area contributed by atoms with Crippen molar-refractivity contribution in [3.8, 4) is 11.1 Å². The molecule has 1 saturated carbocycles. The van der Waals surface area contributed by atoms with Crippen LogP contribution in [0.3, 0.4) is 0 Å². The second kappa shape index (κ2) is 9.33. The molecule has 0 aromatic heterocycles. The molecule has 2 aromatic carbocycles. The van der Waals surface area contributed by atoms with Crippen molar-refractivity contribution in [1.82, 2.24) is 0 Å². The van der Waals surface area contributed by atoms with Gasteiger partial charge in [0.05, 0.1) is 0 Å². The van der Waals surface area contributed by atoms with Crippen LogP contribution in [0.5, 0.6) is 0 Å². The van der Waals surface area contributed by atoms with Gasteiger partial charge in [0.1, 0.15) is 0 Å². The number of allylic oxidation sites excluding steroid dienone is 2. The third-order valence-corrected chi connectivity index (χ3v) is 5.77. The van der Waals surface area contributed by atoms with Crippen LogP contribution in [0.4, 0.5) is 0 Å². The van der Waals surface area contributed by atoms with E-state index in [-0.39, 0.29) is 26.2 Å². The van der Waals surface area contributed by atoms with Crippen molar-refractivity contribution in [2.75, 3.05) is 0 Å².